The standard InChI is InChI=1S/C13H22O22P4/c14-2-6(16)1-5(7(17)3-15)4-31-39(29,30)35-10-8(18)11(32-36(20,21)22)13(34-38(26,27)28)12(9(10)19)33-37(23,24)25/h2-3,5,8-13,18-19H,1,4H2,(H,29,30)(H2,20,21,22)(H2,23,24,25)(H2,26,27,28)/t5-,8+,9?,10?,11?,12-,13?/m1/s1. The van der Waals surface area contributed by atoms with Crippen molar-refractivity contribution >= 4 is 55.4 Å². The van der Waals surface area contributed by atoms with Crippen LogP contribution in [0.2, 0.25) is 0 Å². The maximum absolute atomic E-state index is 12.4. The van der Waals surface area contributed by atoms with Crippen molar-refractivity contribution in [1.29, 1.82) is 0 Å². The smallest absolute Gasteiger partial charge is 0.387 e. The van der Waals surface area contributed by atoms with Gasteiger partial charge < -0.3 is 44.5 Å². The van der Waals surface area contributed by atoms with Crippen molar-refractivity contribution in [2.45, 2.75) is 43.0 Å². The van der Waals surface area contributed by atoms with Gasteiger partial charge in [0.25, 0.3) is 0 Å². The second-order valence-corrected chi connectivity index (χ2v) is 12.5. The van der Waals surface area contributed by atoms with Crippen molar-refractivity contribution in [1.82, 2.24) is 0 Å². The van der Waals surface area contributed by atoms with Gasteiger partial charge in [0.2, 0.25) is 5.78 Å². The molecule has 1 aliphatic rings. The van der Waals surface area contributed by atoms with Crippen molar-refractivity contribution in [3.8, 4) is 0 Å². The predicted molar refractivity (Wildman–Crippen MR) is 114 cm³/mol. The Bertz CT molecular complexity index is 1070. The van der Waals surface area contributed by atoms with E-state index < -0.39 is 98.4 Å². The topological polar surface area (TPSA) is 365 Å². The summed E-state index contributed by atoms with van der Waals surface area (Å²) in [5, 5.41) is 20.9. The van der Waals surface area contributed by atoms with Crippen LogP contribution < -0.4 is 0 Å². The first kappa shape index (κ1) is 36.1. The molecule has 1 aliphatic carbocycles. The Morgan fingerprint density at radius 2 is 1.08 bits per heavy atom. The fourth-order valence-electron chi connectivity index (χ4n) is 3.11. The lowest BCUT2D eigenvalue weighted by atomic mass is 9.85. The van der Waals surface area contributed by atoms with Gasteiger partial charge in [-0.15, -0.1) is 0 Å². The van der Waals surface area contributed by atoms with Crippen molar-refractivity contribution in [2.75, 3.05) is 6.61 Å². The summed E-state index contributed by atoms with van der Waals surface area (Å²) < 4.78 is 67.9. The lowest BCUT2D eigenvalue weighted by Gasteiger charge is -2.45. The van der Waals surface area contributed by atoms with E-state index in [9.17, 15) is 52.5 Å². The van der Waals surface area contributed by atoms with Crippen molar-refractivity contribution in [3.63, 3.8) is 0 Å². The number of rotatable bonds is 16. The van der Waals surface area contributed by atoms with Gasteiger partial charge in [-0.25, -0.2) is 18.3 Å². The minimum atomic E-state index is -5.78. The molecule has 0 aromatic rings. The lowest BCUT2D eigenvalue weighted by Crippen LogP contribution is -2.65. The number of carbonyl (C=O) groups is 4. The van der Waals surface area contributed by atoms with Crippen LogP contribution in [0.15, 0.2) is 0 Å². The number of aldehydes is 2. The molecule has 5 unspecified atom stereocenters. The average Bonchev–Trinajstić information content (AvgIpc) is 2.76. The van der Waals surface area contributed by atoms with Gasteiger partial charge in [-0.3, -0.25) is 41.8 Å². The molecular formula is C13H22O22P4. The van der Waals surface area contributed by atoms with Gasteiger partial charge >= 0.3 is 31.3 Å². The highest BCUT2D eigenvalue weighted by molar-refractivity contribution is 7.47. The van der Waals surface area contributed by atoms with Gasteiger partial charge in [-0.1, -0.05) is 0 Å². The Labute approximate surface area is 216 Å². The molecule has 0 spiro atoms. The number of carbonyl (C=O) groups excluding carboxylic acids is 4. The van der Waals surface area contributed by atoms with E-state index in [0.29, 0.717) is 0 Å². The zero-order valence-electron chi connectivity index (χ0n) is 18.7. The van der Waals surface area contributed by atoms with Crippen LogP contribution in [-0.4, -0.2) is 112 Å². The Kier molecular flexibility index (Phi) is 12.8. The third kappa shape index (κ3) is 12.2. The van der Waals surface area contributed by atoms with E-state index >= 15 is 0 Å². The molecule has 0 bridgehead atoms. The zero-order valence-corrected chi connectivity index (χ0v) is 22.3. The minimum absolute atomic E-state index is 0.243. The van der Waals surface area contributed by atoms with E-state index in [1.54, 1.807) is 0 Å². The summed E-state index contributed by atoms with van der Waals surface area (Å²) in [5.41, 5.74) is 0. The number of phosphoric acid groups is 4. The van der Waals surface area contributed by atoms with Gasteiger partial charge in [0.1, 0.15) is 36.6 Å². The van der Waals surface area contributed by atoms with Crippen LogP contribution >= 0.6 is 31.3 Å². The fraction of sp³-hybridized carbons (Fsp3) is 0.692. The van der Waals surface area contributed by atoms with Gasteiger partial charge in [0.15, 0.2) is 18.4 Å². The van der Waals surface area contributed by atoms with Gasteiger partial charge in [-0.2, -0.15) is 0 Å². The molecular weight excluding hydrogens is 632 g/mol. The van der Waals surface area contributed by atoms with Gasteiger partial charge in [0, 0.05) is 6.42 Å². The molecule has 1 saturated carbocycles. The molecule has 9 N–H and O–H groups in total. The summed E-state index contributed by atoms with van der Waals surface area (Å²) in [6, 6.07) is 0. The van der Waals surface area contributed by atoms with Crippen LogP contribution in [0.25, 0.3) is 0 Å². The second-order valence-electron chi connectivity index (χ2n) is 7.50. The molecule has 0 saturated heterocycles. The summed E-state index contributed by atoms with van der Waals surface area (Å²) in [6.07, 6.45) is -18.3. The maximum Gasteiger partial charge on any atom is 0.472 e. The molecule has 0 aromatic heterocycles. The van der Waals surface area contributed by atoms with E-state index in [0.717, 1.165) is 0 Å². The summed E-state index contributed by atoms with van der Waals surface area (Å²) >= 11 is 0. The first-order valence-electron chi connectivity index (χ1n) is 9.71. The molecule has 0 heterocycles. The number of phosphoric ester groups is 4. The van der Waals surface area contributed by atoms with Crippen LogP contribution in [0.1, 0.15) is 6.42 Å². The Balaban J connectivity index is 3.40. The lowest BCUT2D eigenvalue weighted by molar-refractivity contribution is -0.209. The summed E-state index contributed by atoms with van der Waals surface area (Å²) in [6.45, 7) is -1.28. The van der Waals surface area contributed by atoms with E-state index in [1.165, 1.54) is 0 Å². The number of hydrogen-bond donors (Lipinski definition) is 9. The Hall–Kier alpha value is -0.960. The van der Waals surface area contributed by atoms with Crippen molar-refractivity contribution in [2.24, 2.45) is 5.92 Å². The molecule has 0 radical (unpaired) electrons. The molecule has 1 fully saturated rings. The molecule has 8 atom stereocenters. The van der Waals surface area contributed by atoms with Crippen molar-refractivity contribution < 1.29 is 105 Å². The summed E-state index contributed by atoms with van der Waals surface area (Å²) in [7, 11) is -23.0. The average molecular weight is 654 g/mol. The first-order chi connectivity index (χ1) is 17.5. The normalized spacial score (nSPS) is 28.7. The van der Waals surface area contributed by atoms with Crippen LogP contribution in [0.3, 0.4) is 0 Å². The van der Waals surface area contributed by atoms with E-state index in [-0.39, 0.29) is 12.6 Å². The largest absolute Gasteiger partial charge is 0.472 e. The van der Waals surface area contributed by atoms with E-state index in [2.05, 4.69) is 22.6 Å². The highest BCUT2D eigenvalue weighted by atomic mass is 31.2. The monoisotopic (exact) mass is 654 g/mol. The number of aliphatic hydroxyl groups excluding tert-OH is 2. The Morgan fingerprint density at radius 1 is 0.667 bits per heavy atom. The van der Waals surface area contributed by atoms with Crippen LogP contribution in [0, 0.1) is 5.92 Å². The fourth-order valence-corrected chi connectivity index (χ4v) is 5.78. The summed E-state index contributed by atoms with van der Waals surface area (Å²) in [4.78, 5) is 109. The van der Waals surface area contributed by atoms with Gasteiger partial charge in [-0.05, 0) is 0 Å². The van der Waals surface area contributed by atoms with E-state index in [4.69, 9.17) is 29.4 Å². The SMILES string of the molecule is O=CC(=O)C[C@H](COP(=O)(O)OC1C(O)[C@@H](OP(=O)(O)O)C(OP(=O)(O)O)C(OP(=O)(O)O)[C@H]1O)C(=O)C=O. The first-order valence-corrected chi connectivity index (χ1v) is 15.8. The number of Topliss-reactive ketones (excluding diaryl/α,β-unsaturated/α-hetero) is 2. The second kappa shape index (κ2) is 13.8. The van der Waals surface area contributed by atoms with Gasteiger partial charge in [0.05, 0.1) is 12.5 Å². The molecule has 22 nitrogen and oxygen atoms in total. The minimum Gasteiger partial charge on any atom is -0.387 e. The molecule has 26 heteroatoms. The van der Waals surface area contributed by atoms with Crippen LogP contribution in [-0.2, 0) is 60.1 Å². The molecule has 39 heavy (non-hydrogen) atoms. The number of ketones is 2. The third-order valence-electron chi connectivity index (χ3n) is 4.56. The van der Waals surface area contributed by atoms with Crippen LogP contribution in [0.5, 0.6) is 0 Å². The Morgan fingerprint density at radius 3 is 1.44 bits per heavy atom. The van der Waals surface area contributed by atoms with E-state index in [1.807, 2.05) is 0 Å². The highest BCUT2D eigenvalue weighted by Crippen LogP contribution is 2.53. The zero-order chi connectivity index (χ0) is 30.6. The molecule has 0 aromatic carbocycles. The maximum atomic E-state index is 12.4. The molecule has 226 valence electrons. The molecule has 0 aliphatic heterocycles. The molecule has 1 rings (SSSR count). The highest BCUT2D eigenvalue weighted by Gasteiger charge is 2.58. The quantitative estimate of drug-likeness (QED) is 0.0437. The molecule has 0 amide bonds. The van der Waals surface area contributed by atoms with Crippen LogP contribution in [0.4, 0.5) is 0 Å². The number of aliphatic hydroxyl groups is 2. The predicted octanol–water partition coefficient (Wildman–Crippen LogP) is -3.80. The number of hydrogen-bond acceptors (Lipinski definition) is 15. The third-order valence-corrected chi connectivity index (χ3v) is 7.10. The summed E-state index contributed by atoms with van der Waals surface area (Å²) in [5.74, 6) is -4.44. The van der Waals surface area contributed by atoms with Crippen molar-refractivity contribution in [3.05, 3.63) is 0 Å².